The van der Waals surface area contributed by atoms with Crippen molar-refractivity contribution >= 4 is 0 Å². The van der Waals surface area contributed by atoms with E-state index in [1.165, 1.54) is 12.0 Å². The Morgan fingerprint density at radius 1 is 1.50 bits per heavy atom. The summed E-state index contributed by atoms with van der Waals surface area (Å²) in [4.78, 5) is 0. The molecule has 0 aliphatic heterocycles. The lowest BCUT2D eigenvalue weighted by Crippen LogP contribution is -2.39. The summed E-state index contributed by atoms with van der Waals surface area (Å²) in [5.41, 5.74) is 1.63. The standard InChI is InChI=1S/C11H23N/c1-7-11(4,5)10(12-6)8-9(2)3/h10,12H,2,7-8H2,1,3-6H3. The SMILES string of the molecule is C=C(C)CC(NC)C(C)(C)CC. The Morgan fingerprint density at radius 2 is 2.00 bits per heavy atom. The van der Waals surface area contributed by atoms with Crippen LogP contribution in [-0.2, 0) is 0 Å². The Morgan fingerprint density at radius 3 is 2.25 bits per heavy atom. The van der Waals surface area contributed by atoms with E-state index in [1.807, 2.05) is 7.05 Å². The van der Waals surface area contributed by atoms with E-state index >= 15 is 0 Å². The smallest absolute Gasteiger partial charge is 0.0152 e. The van der Waals surface area contributed by atoms with Crippen molar-refractivity contribution < 1.29 is 0 Å². The van der Waals surface area contributed by atoms with Gasteiger partial charge in [-0.2, -0.15) is 0 Å². The second-order valence-electron chi connectivity index (χ2n) is 4.34. The van der Waals surface area contributed by atoms with Crippen molar-refractivity contribution in [2.24, 2.45) is 5.41 Å². The average molecular weight is 169 g/mol. The molecule has 0 aromatic carbocycles. The maximum atomic E-state index is 3.95. The minimum atomic E-state index is 0.369. The van der Waals surface area contributed by atoms with Crippen molar-refractivity contribution in [1.29, 1.82) is 0 Å². The topological polar surface area (TPSA) is 12.0 Å². The first-order valence-electron chi connectivity index (χ1n) is 4.75. The molecule has 0 aromatic heterocycles. The maximum Gasteiger partial charge on any atom is 0.0152 e. The summed E-state index contributed by atoms with van der Waals surface area (Å²) in [6, 6.07) is 0.556. The lowest BCUT2D eigenvalue weighted by molar-refractivity contribution is 0.240. The largest absolute Gasteiger partial charge is 0.316 e. The van der Waals surface area contributed by atoms with E-state index in [0.29, 0.717) is 11.5 Å². The van der Waals surface area contributed by atoms with Gasteiger partial charge >= 0.3 is 0 Å². The molecule has 1 atom stereocenters. The van der Waals surface area contributed by atoms with Crippen molar-refractivity contribution in [3.8, 4) is 0 Å². The highest BCUT2D eigenvalue weighted by molar-refractivity contribution is 4.97. The zero-order valence-electron chi connectivity index (χ0n) is 9.20. The van der Waals surface area contributed by atoms with E-state index in [1.54, 1.807) is 0 Å². The van der Waals surface area contributed by atoms with Crippen molar-refractivity contribution in [2.75, 3.05) is 7.05 Å². The predicted octanol–water partition coefficient (Wildman–Crippen LogP) is 2.98. The van der Waals surface area contributed by atoms with Crippen molar-refractivity contribution in [3.05, 3.63) is 12.2 Å². The van der Waals surface area contributed by atoms with Gasteiger partial charge in [-0.05, 0) is 32.2 Å². The Kier molecular flexibility index (Phi) is 4.54. The second kappa shape index (κ2) is 4.66. The summed E-state index contributed by atoms with van der Waals surface area (Å²) < 4.78 is 0. The molecule has 1 N–H and O–H groups in total. The van der Waals surface area contributed by atoms with Crippen LogP contribution in [-0.4, -0.2) is 13.1 Å². The van der Waals surface area contributed by atoms with Crippen LogP contribution in [0.3, 0.4) is 0 Å². The first-order chi connectivity index (χ1) is 5.44. The van der Waals surface area contributed by atoms with Gasteiger partial charge in [-0.3, -0.25) is 0 Å². The highest BCUT2D eigenvalue weighted by atomic mass is 14.9. The molecule has 0 aliphatic rings. The molecule has 0 amide bonds. The van der Waals surface area contributed by atoms with E-state index in [2.05, 4.69) is 39.6 Å². The molecule has 0 bridgehead atoms. The molecule has 0 aliphatic carbocycles. The number of hydrogen-bond donors (Lipinski definition) is 1. The summed E-state index contributed by atoms with van der Waals surface area (Å²) in [5.74, 6) is 0. The van der Waals surface area contributed by atoms with Crippen LogP contribution in [0.2, 0.25) is 0 Å². The zero-order chi connectivity index (χ0) is 9.78. The highest BCUT2D eigenvalue weighted by Gasteiger charge is 2.25. The number of hydrogen-bond acceptors (Lipinski definition) is 1. The van der Waals surface area contributed by atoms with Gasteiger partial charge in [0.15, 0.2) is 0 Å². The minimum absolute atomic E-state index is 0.369. The summed E-state index contributed by atoms with van der Waals surface area (Å²) in [5, 5.41) is 3.36. The van der Waals surface area contributed by atoms with E-state index in [4.69, 9.17) is 0 Å². The van der Waals surface area contributed by atoms with Crippen LogP contribution in [0.1, 0.15) is 40.5 Å². The summed E-state index contributed by atoms with van der Waals surface area (Å²) >= 11 is 0. The molecule has 0 spiro atoms. The van der Waals surface area contributed by atoms with Gasteiger partial charge in [-0.25, -0.2) is 0 Å². The highest BCUT2D eigenvalue weighted by Crippen LogP contribution is 2.28. The van der Waals surface area contributed by atoms with Gasteiger partial charge in [-0.15, -0.1) is 6.58 Å². The lowest BCUT2D eigenvalue weighted by Gasteiger charge is -2.33. The van der Waals surface area contributed by atoms with Crippen LogP contribution in [0.25, 0.3) is 0 Å². The molecule has 0 saturated carbocycles. The Bertz CT molecular complexity index is 147. The quantitative estimate of drug-likeness (QED) is 0.624. The average Bonchev–Trinajstić information content (AvgIpc) is 1.99. The minimum Gasteiger partial charge on any atom is -0.316 e. The molecule has 0 aromatic rings. The Labute approximate surface area is 77.2 Å². The van der Waals surface area contributed by atoms with Gasteiger partial charge in [-0.1, -0.05) is 26.3 Å². The molecular formula is C11H23N. The molecule has 0 saturated heterocycles. The van der Waals surface area contributed by atoms with E-state index in [0.717, 1.165) is 6.42 Å². The maximum absolute atomic E-state index is 3.95. The Hall–Kier alpha value is -0.300. The fourth-order valence-corrected chi connectivity index (χ4v) is 1.36. The zero-order valence-corrected chi connectivity index (χ0v) is 9.20. The van der Waals surface area contributed by atoms with Crippen LogP contribution in [0.5, 0.6) is 0 Å². The molecule has 0 heterocycles. The van der Waals surface area contributed by atoms with Gasteiger partial charge in [0.2, 0.25) is 0 Å². The van der Waals surface area contributed by atoms with Crippen molar-refractivity contribution in [2.45, 2.75) is 46.6 Å². The lowest BCUT2D eigenvalue weighted by atomic mass is 9.79. The molecule has 0 rings (SSSR count). The third-order valence-corrected chi connectivity index (χ3v) is 2.76. The first-order valence-corrected chi connectivity index (χ1v) is 4.75. The second-order valence-corrected chi connectivity index (χ2v) is 4.34. The van der Waals surface area contributed by atoms with Gasteiger partial charge in [0.05, 0.1) is 0 Å². The van der Waals surface area contributed by atoms with E-state index < -0.39 is 0 Å². The van der Waals surface area contributed by atoms with Gasteiger partial charge in [0.25, 0.3) is 0 Å². The summed E-state index contributed by atoms with van der Waals surface area (Å²) in [6.45, 7) is 12.9. The third-order valence-electron chi connectivity index (χ3n) is 2.76. The molecule has 0 fully saturated rings. The van der Waals surface area contributed by atoms with Crippen LogP contribution < -0.4 is 5.32 Å². The monoisotopic (exact) mass is 169 g/mol. The summed E-state index contributed by atoms with van der Waals surface area (Å²) in [6.07, 6.45) is 2.28. The van der Waals surface area contributed by atoms with Crippen LogP contribution in [0.15, 0.2) is 12.2 Å². The molecular weight excluding hydrogens is 146 g/mol. The number of rotatable bonds is 5. The molecule has 1 nitrogen and oxygen atoms in total. The molecule has 0 radical (unpaired) electrons. The van der Waals surface area contributed by atoms with Crippen LogP contribution in [0.4, 0.5) is 0 Å². The van der Waals surface area contributed by atoms with Gasteiger partial charge < -0.3 is 5.32 Å². The summed E-state index contributed by atoms with van der Waals surface area (Å²) in [7, 11) is 2.03. The van der Waals surface area contributed by atoms with Crippen LogP contribution >= 0.6 is 0 Å². The number of nitrogens with one attached hydrogen (secondary N) is 1. The molecule has 72 valence electrons. The first kappa shape index (κ1) is 11.7. The van der Waals surface area contributed by atoms with Crippen molar-refractivity contribution in [3.63, 3.8) is 0 Å². The molecule has 1 heteroatoms. The molecule has 12 heavy (non-hydrogen) atoms. The fraction of sp³-hybridized carbons (Fsp3) is 0.818. The Balaban J connectivity index is 4.23. The van der Waals surface area contributed by atoms with Gasteiger partial charge in [0, 0.05) is 6.04 Å². The normalized spacial score (nSPS) is 14.4. The van der Waals surface area contributed by atoms with E-state index in [9.17, 15) is 0 Å². The van der Waals surface area contributed by atoms with Crippen LogP contribution in [0, 0.1) is 5.41 Å². The third kappa shape index (κ3) is 3.40. The van der Waals surface area contributed by atoms with E-state index in [-0.39, 0.29) is 0 Å². The predicted molar refractivity (Wildman–Crippen MR) is 56.4 cm³/mol. The fourth-order valence-electron chi connectivity index (χ4n) is 1.36. The van der Waals surface area contributed by atoms with Crippen molar-refractivity contribution in [1.82, 2.24) is 5.32 Å². The molecule has 1 unspecified atom stereocenters. The van der Waals surface area contributed by atoms with Gasteiger partial charge in [0.1, 0.15) is 0 Å².